The molecule has 0 amide bonds. The zero-order valence-electron chi connectivity index (χ0n) is 12.6. The first-order chi connectivity index (χ1) is 10.2. The van der Waals surface area contributed by atoms with Crippen LogP contribution in [-0.2, 0) is 19.5 Å². The van der Waals surface area contributed by atoms with Crippen molar-refractivity contribution >= 4 is 11.8 Å². The van der Waals surface area contributed by atoms with Crippen LogP contribution in [0.15, 0.2) is 12.3 Å². The van der Waals surface area contributed by atoms with Crippen molar-refractivity contribution in [2.24, 2.45) is 0 Å². The second kappa shape index (κ2) is 6.07. The average molecular weight is 287 g/mol. The van der Waals surface area contributed by atoms with E-state index in [-0.39, 0.29) is 0 Å². The Labute approximate surface area is 124 Å². The number of hydrogen-bond acceptors (Lipinski definition) is 6. The standard InChI is InChI=1S/C14H21N7/c1-20(2)11-7-8-15-14(17-11)16-10-13-19-18-12-6-4-3-5-9-21(12)13/h7-8H,3-6,9-10H2,1-2H3,(H,15,16,17). The summed E-state index contributed by atoms with van der Waals surface area (Å²) >= 11 is 0. The summed E-state index contributed by atoms with van der Waals surface area (Å²) in [5.41, 5.74) is 0. The van der Waals surface area contributed by atoms with E-state index in [0.29, 0.717) is 12.5 Å². The van der Waals surface area contributed by atoms with Gasteiger partial charge in [-0.1, -0.05) is 6.42 Å². The van der Waals surface area contributed by atoms with Gasteiger partial charge in [-0.05, 0) is 18.9 Å². The summed E-state index contributed by atoms with van der Waals surface area (Å²) in [5, 5.41) is 11.8. The van der Waals surface area contributed by atoms with Crippen molar-refractivity contribution in [1.82, 2.24) is 24.7 Å². The molecule has 0 bridgehead atoms. The molecule has 7 nitrogen and oxygen atoms in total. The van der Waals surface area contributed by atoms with E-state index in [4.69, 9.17) is 0 Å². The van der Waals surface area contributed by atoms with Crippen LogP contribution in [0.25, 0.3) is 0 Å². The van der Waals surface area contributed by atoms with Gasteiger partial charge in [-0.15, -0.1) is 10.2 Å². The van der Waals surface area contributed by atoms with Crippen molar-refractivity contribution in [3.63, 3.8) is 0 Å². The minimum atomic E-state index is 0.601. The van der Waals surface area contributed by atoms with Crippen LogP contribution in [0.3, 0.4) is 0 Å². The molecule has 1 aliphatic rings. The van der Waals surface area contributed by atoms with Gasteiger partial charge in [-0.3, -0.25) is 0 Å². The Hall–Kier alpha value is -2.18. The largest absolute Gasteiger partial charge is 0.363 e. The normalized spacial score (nSPS) is 14.4. The van der Waals surface area contributed by atoms with Crippen LogP contribution in [0.4, 0.5) is 11.8 Å². The molecule has 0 aromatic carbocycles. The smallest absolute Gasteiger partial charge is 0.224 e. The molecule has 0 spiro atoms. The first-order valence-electron chi connectivity index (χ1n) is 7.39. The van der Waals surface area contributed by atoms with E-state index in [9.17, 15) is 0 Å². The van der Waals surface area contributed by atoms with Gasteiger partial charge in [0, 0.05) is 33.3 Å². The summed E-state index contributed by atoms with van der Waals surface area (Å²) in [6.45, 7) is 1.61. The van der Waals surface area contributed by atoms with Crippen molar-refractivity contribution in [3.8, 4) is 0 Å². The molecule has 0 saturated heterocycles. The van der Waals surface area contributed by atoms with E-state index >= 15 is 0 Å². The number of rotatable bonds is 4. The third-order valence-electron chi connectivity index (χ3n) is 3.69. The molecule has 0 unspecified atom stereocenters. The Kier molecular flexibility index (Phi) is 3.98. The molecule has 1 aliphatic heterocycles. The molecule has 0 fully saturated rings. The predicted octanol–water partition coefficient (Wildman–Crippen LogP) is 1.47. The zero-order valence-corrected chi connectivity index (χ0v) is 12.6. The van der Waals surface area contributed by atoms with Crippen molar-refractivity contribution in [2.75, 3.05) is 24.3 Å². The Morgan fingerprint density at radius 3 is 3.00 bits per heavy atom. The Morgan fingerprint density at radius 2 is 2.14 bits per heavy atom. The molecule has 0 saturated carbocycles. The summed E-state index contributed by atoms with van der Waals surface area (Å²) in [6.07, 6.45) is 6.46. The number of anilines is 2. The van der Waals surface area contributed by atoms with Gasteiger partial charge in [-0.2, -0.15) is 4.98 Å². The fraction of sp³-hybridized carbons (Fsp3) is 0.571. The molecule has 1 N–H and O–H groups in total. The van der Waals surface area contributed by atoms with E-state index < -0.39 is 0 Å². The van der Waals surface area contributed by atoms with Gasteiger partial charge < -0.3 is 14.8 Å². The number of nitrogens with zero attached hydrogens (tertiary/aromatic N) is 6. The maximum absolute atomic E-state index is 4.45. The summed E-state index contributed by atoms with van der Waals surface area (Å²) in [6, 6.07) is 1.88. The SMILES string of the molecule is CN(C)c1ccnc(NCc2nnc3n2CCCCC3)n1. The lowest BCUT2D eigenvalue weighted by molar-refractivity contribution is 0.609. The van der Waals surface area contributed by atoms with Crippen molar-refractivity contribution in [3.05, 3.63) is 23.9 Å². The predicted molar refractivity (Wildman–Crippen MR) is 81.3 cm³/mol. The Balaban J connectivity index is 1.70. The molecule has 2 aromatic heterocycles. The van der Waals surface area contributed by atoms with Gasteiger partial charge in [0.05, 0.1) is 6.54 Å². The van der Waals surface area contributed by atoms with Crippen LogP contribution in [0.1, 0.15) is 30.9 Å². The Morgan fingerprint density at radius 1 is 1.24 bits per heavy atom. The van der Waals surface area contributed by atoms with Gasteiger partial charge in [0.25, 0.3) is 0 Å². The maximum atomic E-state index is 4.45. The number of fused-ring (bicyclic) bond motifs is 1. The lowest BCUT2D eigenvalue weighted by Gasteiger charge is -2.12. The number of nitrogens with one attached hydrogen (secondary N) is 1. The lowest BCUT2D eigenvalue weighted by Crippen LogP contribution is -2.14. The first kappa shape index (κ1) is 13.8. The van der Waals surface area contributed by atoms with Crippen molar-refractivity contribution in [2.45, 2.75) is 38.8 Å². The number of aryl methyl sites for hydroxylation is 1. The van der Waals surface area contributed by atoms with Crippen LogP contribution in [0.2, 0.25) is 0 Å². The first-order valence-corrected chi connectivity index (χ1v) is 7.39. The highest BCUT2D eigenvalue weighted by Crippen LogP contribution is 2.15. The quantitative estimate of drug-likeness (QED) is 0.918. The van der Waals surface area contributed by atoms with Crippen molar-refractivity contribution < 1.29 is 0 Å². The van der Waals surface area contributed by atoms with Crippen LogP contribution in [0, 0.1) is 0 Å². The molecule has 2 aromatic rings. The fourth-order valence-corrected chi connectivity index (χ4v) is 2.52. The molecule has 0 radical (unpaired) electrons. The minimum absolute atomic E-state index is 0.601. The minimum Gasteiger partial charge on any atom is -0.363 e. The average Bonchev–Trinajstić information content (AvgIpc) is 2.72. The van der Waals surface area contributed by atoms with E-state index in [2.05, 4.69) is 30.0 Å². The third-order valence-corrected chi connectivity index (χ3v) is 3.69. The summed E-state index contributed by atoms with van der Waals surface area (Å²) in [7, 11) is 3.93. The number of hydrogen-bond donors (Lipinski definition) is 1. The summed E-state index contributed by atoms with van der Waals surface area (Å²) in [5.74, 6) is 3.57. The Bertz CT molecular complexity index is 605. The van der Waals surface area contributed by atoms with Gasteiger partial charge in [0.15, 0.2) is 5.82 Å². The monoisotopic (exact) mass is 287 g/mol. The summed E-state index contributed by atoms with van der Waals surface area (Å²) < 4.78 is 2.23. The van der Waals surface area contributed by atoms with E-state index in [1.807, 2.05) is 25.1 Å². The van der Waals surface area contributed by atoms with Crippen LogP contribution in [0.5, 0.6) is 0 Å². The highest BCUT2D eigenvalue weighted by molar-refractivity contribution is 5.40. The lowest BCUT2D eigenvalue weighted by atomic mass is 10.2. The molecule has 21 heavy (non-hydrogen) atoms. The molecule has 3 heterocycles. The zero-order chi connectivity index (χ0) is 14.7. The highest BCUT2D eigenvalue weighted by atomic mass is 15.3. The molecule has 0 aliphatic carbocycles. The van der Waals surface area contributed by atoms with E-state index in [0.717, 1.165) is 30.4 Å². The number of aromatic nitrogens is 5. The van der Waals surface area contributed by atoms with Gasteiger partial charge in [-0.25, -0.2) is 4.98 Å². The summed E-state index contributed by atoms with van der Waals surface area (Å²) in [4.78, 5) is 10.6. The topological polar surface area (TPSA) is 71.8 Å². The van der Waals surface area contributed by atoms with Crippen LogP contribution in [-0.4, -0.2) is 38.8 Å². The van der Waals surface area contributed by atoms with Gasteiger partial charge in [0.2, 0.25) is 5.95 Å². The van der Waals surface area contributed by atoms with Crippen LogP contribution < -0.4 is 10.2 Å². The van der Waals surface area contributed by atoms with Gasteiger partial charge in [0.1, 0.15) is 11.6 Å². The second-order valence-corrected chi connectivity index (χ2v) is 5.48. The van der Waals surface area contributed by atoms with E-state index in [1.165, 1.54) is 19.3 Å². The van der Waals surface area contributed by atoms with Crippen LogP contribution >= 0.6 is 0 Å². The fourth-order valence-electron chi connectivity index (χ4n) is 2.52. The second-order valence-electron chi connectivity index (χ2n) is 5.48. The van der Waals surface area contributed by atoms with E-state index in [1.54, 1.807) is 6.20 Å². The molecular formula is C14H21N7. The molecular weight excluding hydrogens is 266 g/mol. The third kappa shape index (κ3) is 3.12. The molecule has 112 valence electrons. The molecule has 0 atom stereocenters. The highest BCUT2D eigenvalue weighted by Gasteiger charge is 2.14. The maximum Gasteiger partial charge on any atom is 0.224 e. The molecule has 7 heteroatoms. The van der Waals surface area contributed by atoms with Crippen molar-refractivity contribution in [1.29, 1.82) is 0 Å². The molecule has 3 rings (SSSR count). The van der Waals surface area contributed by atoms with Gasteiger partial charge >= 0.3 is 0 Å².